The van der Waals surface area contributed by atoms with Crippen molar-refractivity contribution in [2.75, 3.05) is 85.8 Å². The summed E-state index contributed by atoms with van der Waals surface area (Å²) in [7, 11) is 1.00. The number of nitrogens with zero attached hydrogens (tertiary/aromatic N) is 1. The molecular formula is C76H102IN7O18. The molecule has 0 saturated carbocycles. The van der Waals surface area contributed by atoms with Gasteiger partial charge in [-0.05, 0) is 122 Å². The fourth-order valence-electron chi connectivity index (χ4n) is 10.4. The second-order valence-electron chi connectivity index (χ2n) is 24.1. The van der Waals surface area contributed by atoms with Crippen LogP contribution in [0.3, 0.4) is 0 Å². The number of nitrogens with one attached hydrogen (secondary N) is 6. The Kier molecular flexibility index (Phi) is 40.4. The fourth-order valence-corrected chi connectivity index (χ4v) is 10.4. The zero-order valence-corrected chi connectivity index (χ0v) is 60.7. The summed E-state index contributed by atoms with van der Waals surface area (Å²) >= 11 is 0. The van der Waals surface area contributed by atoms with Gasteiger partial charge in [0, 0.05) is 51.0 Å². The number of aliphatic hydroxyl groups is 1. The van der Waals surface area contributed by atoms with Gasteiger partial charge in [-0.1, -0.05) is 174 Å². The lowest BCUT2D eigenvalue weighted by Gasteiger charge is -2.23. The molecule has 9 rings (SSSR count). The van der Waals surface area contributed by atoms with Gasteiger partial charge in [0.1, 0.15) is 62.2 Å². The zero-order valence-electron chi connectivity index (χ0n) is 58.4. The lowest BCUT2D eigenvalue weighted by Crippen LogP contribution is -2.46. The summed E-state index contributed by atoms with van der Waals surface area (Å²) in [5.41, 5.74) is 12.4. The average molecular weight is 1530 g/mol. The third-order valence-electron chi connectivity index (χ3n) is 14.4. The van der Waals surface area contributed by atoms with Crippen LogP contribution in [0.2, 0.25) is 0 Å². The molecule has 3 aliphatic carbocycles. The molecule has 0 heterocycles. The summed E-state index contributed by atoms with van der Waals surface area (Å²) in [6, 6.07) is 48.2. The Morgan fingerprint density at radius 2 is 0.676 bits per heavy atom. The van der Waals surface area contributed by atoms with Gasteiger partial charge in [-0.2, -0.15) is 0 Å². The summed E-state index contributed by atoms with van der Waals surface area (Å²) in [5.74, 6) is -3.09. The van der Waals surface area contributed by atoms with Gasteiger partial charge in [-0.15, -0.1) is 24.0 Å². The Morgan fingerprint density at radius 3 is 0.961 bits per heavy atom. The topological polar surface area (TPSA) is 353 Å². The van der Waals surface area contributed by atoms with Gasteiger partial charge in [0.25, 0.3) is 0 Å². The first-order valence-corrected chi connectivity index (χ1v) is 32.3. The average Bonchev–Trinajstić information content (AvgIpc) is 1.64. The van der Waals surface area contributed by atoms with E-state index in [0.29, 0.717) is 19.6 Å². The molecule has 102 heavy (non-hydrogen) atoms. The third-order valence-corrected chi connectivity index (χ3v) is 14.4. The van der Waals surface area contributed by atoms with E-state index in [0.717, 1.165) is 56.5 Å². The van der Waals surface area contributed by atoms with Crippen LogP contribution >= 0.6 is 24.0 Å². The summed E-state index contributed by atoms with van der Waals surface area (Å²) in [6.07, 6.45) is -3.18. The van der Waals surface area contributed by atoms with Gasteiger partial charge >= 0.3 is 42.4 Å². The molecule has 0 radical (unpaired) electrons. The Labute approximate surface area is 615 Å². The number of carbonyl (C=O) groups excluding carboxylic acids is 8. The number of carboxylic acid groups (broad SMARTS) is 2. The lowest BCUT2D eigenvalue weighted by molar-refractivity contribution is -0.144. The SMILES string of the molecule is C.C.CC.CC(=O)CNC(=O)OCC1c2ccccc2-c2ccccc21.CC(=O)CNCCNC(=O)OC(C)(C)C.CC(C)(C)OC(=O)NCCN(CC(=O)O)C(=O)CNC(=O)OCC1c2ccccc2-c2ccccc21.CO.I.O=C(O)CNC(=O)OCC1c2ccccc2-c2ccccc21. The van der Waals surface area contributed by atoms with Crippen LogP contribution in [0, 0.1) is 0 Å². The van der Waals surface area contributed by atoms with Crippen LogP contribution in [0.1, 0.15) is 135 Å². The van der Waals surface area contributed by atoms with Crippen molar-refractivity contribution in [1.29, 1.82) is 0 Å². The first kappa shape index (κ1) is 90.1. The number of aliphatic hydroxyl groups excluding tert-OH is 1. The number of carboxylic acids is 2. The van der Waals surface area contributed by atoms with E-state index in [1.54, 1.807) is 41.5 Å². The number of rotatable bonds is 22. The highest BCUT2D eigenvalue weighted by Crippen LogP contribution is 2.47. The lowest BCUT2D eigenvalue weighted by atomic mass is 9.98. The molecule has 3 aliphatic rings. The largest absolute Gasteiger partial charge is 0.480 e. The fraction of sp³-hybridized carbons (Fsp3) is 0.395. The molecule has 0 atom stereocenters. The van der Waals surface area contributed by atoms with Gasteiger partial charge in [0.2, 0.25) is 5.91 Å². The highest BCUT2D eigenvalue weighted by Gasteiger charge is 2.32. The number of ether oxygens (including phenoxy) is 5. The Hall–Kier alpha value is -9.93. The van der Waals surface area contributed by atoms with Crippen molar-refractivity contribution in [3.8, 4) is 33.4 Å². The number of fused-ring (bicyclic) bond motifs is 9. The van der Waals surface area contributed by atoms with Gasteiger partial charge in [-0.25, -0.2) is 24.0 Å². The zero-order chi connectivity index (χ0) is 73.2. The number of halogens is 1. The second kappa shape index (κ2) is 45.8. The summed E-state index contributed by atoms with van der Waals surface area (Å²) in [4.78, 5) is 115. The first-order chi connectivity index (χ1) is 47.2. The van der Waals surface area contributed by atoms with Gasteiger partial charge in [0.15, 0.2) is 0 Å². The standard InChI is InChI=1S/C26H31N3O7.C18H17NO3.C17H15NO4.C10H20N2O3.C2H6.CH4O.2CH4.HI/c1-26(2,3)36-25(34)27-12-13-29(15-23(31)32)22(30)14-28-24(33)35-16-21-19-10-6-4-8-17(19)18-9-5-7-11-20(18)21;1-12(20)10-19-18(21)22-11-17-15-8-4-2-6-13(15)14-7-3-5-9-16(14)17;19-16(20)9-18-17(21)22-10-15-13-7-3-1-5-11(13)12-6-2-4-8-14(12)15;1-8(13)7-11-5-6-12-9(14)15-10(2,3)4;2*1-2;;;/h4-11,21H,12-16H2,1-3H3,(H,27,34)(H,28,33)(H,31,32);2-9,17H,10-11H2,1H3,(H,19,21);1-8,15H,9-10H2,(H,18,21)(H,19,20);11H,5-7H2,1-4H3,(H,12,14);1-2H3;2H,1H3;2*1H4;1H. The van der Waals surface area contributed by atoms with Crippen molar-refractivity contribution in [3.63, 3.8) is 0 Å². The number of carbonyl (C=O) groups is 10. The number of benzene rings is 6. The van der Waals surface area contributed by atoms with E-state index in [2.05, 4.69) is 68.3 Å². The van der Waals surface area contributed by atoms with E-state index < -0.39 is 79.1 Å². The van der Waals surface area contributed by atoms with Crippen molar-refractivity contribution >= 4 is 83.9 Å². The molecule has 556 valence electrons. The van der Waals surface area contributed by atoms with E-state index in [9.17, 15) is 47.9 Å². The van der Waals surface area contributed by atoms with Crippen LogP contribution in [0.25, 0.3) is 33.4 Å². The smallest absolute Gasteiger partial charge is 0.407 e. The van der Waals surface area contributed by atoms with Crippen LogP contribution in [0.4, 0.5) is 24.0 Å². The molecule has 26 heteroatoms. The third kappa shape index (κ3) is 30.1. The number of Topliss-reactive ketones (excluding diaryl/α,β-unsaturated/α-hetero) is 2. The predicted octanol–water partition coefficient (Wildman–Crippen LogP) is 11.9. The number of aliphatic carboxylic acids is 2. The van der Waals surface area contributed by atoms with E-state index in [1.165, 1.54) is 36.1 Å². The number of amides is 6. The second-order valence-corrected chi connectivity index (χ2v) is 24.1. The summed E-state index contributed by atoms with van der Waals surface area (Å²) < 4.78 is 26.0. The highest BCUT2D eigenvalue weighted by atomic mass is 127. The van der Waals surface area contributed by atoms with Crippen molar-refractivity contribution in [1.82, 2.24) is 36.8 Å². The van der Waals surface area contributed by atoms with E-state index in [4.69, 9.17) is 39.0 Å². The molecule has 0 fully saturated rings. The summed E-state index contributed by atoms with van der Waals surface area (Å²) in [6.45, 7) is 17.8. The van der Waals surface area contributed by atoms with Crippen molar-refractivity contribution < 1.29 is 86.9 Å². The number of alkyl carbamates (subject to hydrolysis) is 5. The minimum absolute atomic E-state index is 0. The Morgan fingerprint density at radius 1 is 0.392 bits per heavy atom. The first-order valence-electron chi connectivity index (χ1n) is 32.3. The molecule has 25 nitrogen and oxygen atoms in total. The maximum Gasteiger partial charge on any atom is 0.407 e. The molecule has 0 bridgehead atoms. The minimum Gasteiger partial charge on any atom is -0.480 e. The van der Waals surface area contributed by atoms with Crippen LogP contribution in [0.15, 0.2) is 146 Å². The minimum atomic E-state index is -1.22. The van der Waals surface area contributed by atoms with Crippen molar-refractivity contribution in [3.05, 3.63) is 179 Å². The predicted molar refractivity (Wildman–Crippen MR) is 402 cm³/mol. The van der Waals surface area contributed by atoms with Crippen LogP contribution in [-0.4, -0.2) is 177 Å². The van der Waals surface area contributed by atoms with E-state index in [-0.39, 0.29) is 108 Å². The Balaban J connectivity index is 0.000000692. The van der Waals surface area contributed by atoms with Crippen molar-refractivity contribution in [2.45, 2.75) is 113 Å². The molecule has 0 saturated heterocycles. The summed E-state index contributed by atoms with van der Waals surface area (Å²) in [5, 5.41) is 39.6. The van der Waals surface area contributed by atoms with Crippen LogP contribution < -0.4 is 31.9 Å². The van der Waals surface area contributed by atoms with Crippen LogP contribution in [-0.2, 0) is 47.7 Å². The normalized spacial score (nSPS) is 11.4. The highest BCUT2D eigenvalue weighted by molar-refractivity contribution is 14.0. The van der Waals surface area contributed by atoms with Gasteiger partial charge < -0.3 is 75.8 Å². The van der Waals surface area contributed by atoms with Gasteiger partial charge in [-0.3, -0.25) is 24.0 Å². The monoisotopic (exact) mass is 1530 g/mol. The quantitative estimate of drug-likeness (QED) is 0.0173. The molecule has 0 spiro atoms. The molecule has 9 N–H and O–H groups in total. The molecule has 6 aromatic rings. The van der Waals surface area contributed by atoms with E-state index in [1.807, 2.05) is 123 Å². The number of hydrogen-bond donors (Lipinski definition) is 9. The number of hydrogen-bond acceptors (Lipinski definition) is 17. The number of ketones is 2. The molecule has 0 aromatic heterocycles. The molecule has 6 aromatic carbocycles. The molecular weight excluding hydrogens is 1430 g/mol. The molecule has 0 unspecified atom stereocenters. The molecule has 0 aliphatic heterocycles. The maximum atomic E-state index is 12.5. The Bertz CT molecular complexity index is 3440. The van der Waals surface area contributed by atoms with Crippen LogP contribution in [0.5, 0.6) is 0 Å². The van der Waals surface area contributed by atoms with E-state index >= 15 is 0 Å². The maximum absolute atomic E-state index is 12.5. The van der Waals surface area contributed by atoms with Gasteiger partial charge in [0.05, 0.1) is 13.1 Å². The van der Waals surface area contributed by atoms with Crippen molar-refractivity contribution in [2.24, 2.45) is 0 Å². The molecule has 6 amide bonds.